The van der Waals surface area contributed by atoms with Crippen LogP contribution in [0.2, 0.25) is 0 Å². The minimum atomic E-state index is -0.261. The Labute approximate surface area is 126 Å². The van der Waals surface area contributed by atoms with E-state index in [2.05, 4.69) is 5.32 Å². The molecule has 2 saturated heterocycles. The number of rotatable bonds is 3. The quantitative estimate of drug-likeness (QED) is 0.803. The number of likely N-dealkylation sites (tertiary alicyclic amines) is 1. The van der Waals surface area contributed by atoms with Crippen LogP contribution < -0.4 is 11.1 Å². The molecule has 3 aliphatic rings. The fourth-order valence-corrected chi connectivity index (χ4v) is 3.93. The molecule has 0 radical (unpaired) electrons. The molecule has 3 fully saturated rings. The van der Waals surface area contributed by atoms with Crippen LogP contribution in [0.15, 0.2) is 0 Å². The molecule has 118 valence electrons. The van der Waals surface area contributed by atoms with Gasteiger partial charge in [0.1, 0.15) is 0 Å². The van der Waals surface area contributed by atoms with Gasteiger partial charge in [-0.15, -0.1) is 0 Å². The normalized spacial score (nSPS) is 26.2. The molecule has 6 heteroatoms. The Kier molecular flexibility index (Phi) is 4.06. The summed E-state index contributed by atoms with van der Waals surface area (Å²) in [7, 11) is 0. The van der Waals surface area contributed by atoms with Crippen molar-refractivity contribution in [2.75, 3.05) is 26.2 Å². The van der Waals surface area contributed by atoms with Crippen LogP contribution >= 0.6 is 0 Å². The van der Waals surface area contributed by atoms with E-state index in [4.69, 9.17) is 5.73 Å². The summed E-state index contributed by atoms with van der Waals surface area (Å²) in [6.45, 7) is 3.05. The topological polar surface area (TPSA) is 78.7 Å². The van der Waals surface area contributed by atoms with Crippen LogP contribution in [0.5, 0.6) is 0 Å². The monoisotopic (exact) mass is 294 g/mol. The molecule has 0 aromatic heterocycles. The first-order valence-corrected chi connectivity index (χ1v) is 8.19. The predicted octanol–water partition coefficient (Wildman–Crippen LogP) is 0.664. The summed E-state index contributed by atoms with van der Waals surface area (Å²) in [6, 6.07) is 0.335. The number of carbonyl (C=O) groups is 2. The fraction of sp³-hybridized carbons (Fsp3) is 0.867. The third-order valence-electron chi connectivity index (χ3n) is 5.25. The molecule has 3 rings (SSSR count). The minimum absolute atomic E-state index is 0.0478. The number of hydrogen-bond acceptors (Lipinski definition) is 3. The van der Waals surface area contributed by atoms with Crippen molar-refractivity contribution in [2.45, 2.75) is 56.5 Å². The van der Waals surface area contributed by atoms with Gasteiger partial charge in [-0.3, -0.25) is 4.79 Å². The molecular formula is C15H26N4O2. The van der Waals surface area contributed by atoms with E-state index in [0.717, 1.165) is 64.7 Å². The summed E-state index contributed by atoms with van der Waals surface area (Å²) < 4.78 is 0. The average Bonchev–Trinajstić information content (AvgIpc) is 3.08. The molecule has 0 bridgehead atoms. The van der Waals surface area contributed by atoms with Gasteiger partial charge in [0.15, 0.2) is 0 Å². The Morgan fingerprint density at radius 3 is 2.48 bits per heavy atom. The molecular weight excluding hydrogens is 268 g/mol. The molecule has 2 aliphatic heterocycles. The second-order valence-electron chi connectivity index (χ2n) is 6.78. The third-order valence-corrected chi connectivity index (χ3v) is 5.25. The van der Waals surface area contributed by atoms with Crippen molar-refractivity contribution in [3.05, 3.63) is 0 Å². The smallest absolute Gasteiger partial charge is 0.317 e. The summed E-state index contributed by atoms with van der Waals surface area (Å²) in [6.07, 6.45) is 6.51. The van der Waals surface area contributed by atoms with Gasteiger partial charge in [-0.25, -0.2) is 4.79 Å². The van der Waals surface area contributed by atoms with Gasteiger partial charge in [-0.2, -0.15) is 0 Å². The fourth-order valence-electron chi connectivity index (χ4n) is 3.93. The highest BCUT2D eigenvalue weighted by molar-refractivity contribution is 5.78. The van der Waals surface area contributed by atoms with E-state index in [-0.39, 0.29) is 23.5 Å². The molecule has 0 unspecified atom stereocenters. The Bertz CT molecular complexity index is 412. The van der Waals surface area contributed by atoms with Gasteiger partial charge >= 0.3 is 6.03 Å². The first kappa shape index (κ1) is 14.6. The molecule has 3 amide bonds. The number of nitrogens with two attached hydrogens (primary N) is 1. The first-order valence-electron chi connectivity index (χ1n) is 8.19. The van der Waals surface area contributed by atoms with E-state index in [1.165, 1.54) is 0 Å². The summed E-state index contributed by atoms with van der Waals surface area (Å²) in [4.78, 5) is 27.9. The lowest BCUT2D eigenvalue weighted by molar-refractivity contribution is -0.133. The second kappa shape index (κ2) is 5.83. The van der Waals surface area contributed by atoms with Crippen LogP contribution in [-0.2, 0) is 4.79 Å². The number of nitrogens with zero attached hydrogens (tertiary/aromatic N) is 2. The zero-order valence-electron chi connectivity index (χ0n) is 12.6. The van der Waals surface area contributed by atoms with Crippen molar-refractivity contribution < 1.29 is 9.59 Å². The lowest BCUT2D eigenvalue weighted by Crippen LogP contribution is -2.50. The molecule has 6 nitrogen and oxygen atoms in total. The molecule has 0 atom stereocenters. The first-order chi connectivity index (χ1) is 10.1. The van der Waals surface area contributed by atoms with E-state index in [1.54, 1.807) is 0 Å². The number of nitrogens with one attached hydrogen (secondary N) is 1. The molecule has 0 aromatic rings. The van der Waals surface area contributed by atoms with Gasteiger partial charge in [0, 0.05) is 44.2 Å². The predicted molar refractivity (Wildman–Crippen MR) is 79.7 cm³/mol. The molecule has 0 spiro atoms. The average molecular weight is 294 g/mol. The van der Waals surface area contributed by atoms with E-state index < -0.39 is 0 Å². The van der Waals surface area contributed by atoms with Crippen LogP contribution in [0.1, 0.15) is 44.9 Å². The Hall–Kier alpha value is -1.30. The van der Waals surface area contributed by atoms with Crippen molar-refractivity contribution in [1.82, 2.24) is 15.1 Å². The summed E-state index contributed by atoms with van der Waals surface area (Å²) >= 11 is 0. The molecule has 3 N–H and O–H groups in total. The van der Waals surface area contributed by atoms with Crippen molar-refractivity contribution in [1.29, 1.82) is 0 Å². The maximum atomic E-state index is 12.4. The van der Waals surface area contributed by atoms with Gasteiger partial charge in [-0.1, -0.05) is 12.8 Å². The van der Waals surface area contributed by atoms with Crippen LogP contribution in [0, 0.1) is 0 Å². The van der Waals surface area contributed by atoms with Crippen molar-refractivity contribution in [3.63, 3.8) is 0 Å². The highest BCUT2D eigenvalue weighted by atomic mass is 16.2. The lowest BCUT2D eigenvalue weighted by Gasteiger charge is -2.37. The Morgan fingerprint density at radius 2 is 1.90 bits per heavy atom. The molecule has 2 heterocycles. The summed E-state index contributed by atoms with van der Waals surface area (Å²) in [5.41, 5.74) is 6.04. The maximum Gasteiger partial charge on any atom is 0.317 e. The van der Waals surface area contributed by atoms with E-state index >= 15 is 0 Å². The van der Waals surface area contributed by atoms with E-state index in [1.807, 2.05) is 9.80 Å². The van der Waals surface area contributed by atoms with Crippen LogP contribution in [0.3, 0.4) is 0 Å². The van der Waals surface area contributed by atoms with Gasteiger partial charge in [0.05, 0.1) is 0 Å². The maximum absolute atomic E-state index is 12.4. The summed E-state index contributed by atoms with van der Waals surface area (Å²) in [5, 5.41) is 2.84. The minimum Gasteiger partial charge on any atom is -0.342 e. The van der Waals surface area contributed by atoms with Gasteiger partial charge in [0.2, 0.25) is 5.91 Å². The standard InChI is InChI=1S/C15H26N4O2/c16-15(5-1-2-6-15)11-13(20)18-8-3-12(4-9-18)19-10-7-17-14(19)21/h12H,1-11,16H2,(H,17,21). The Morgan fingerprint density at radius 1 is 1.24 bits per heavy atom. The number of carbonyl (C=O) groups excluding carboxylic acids is 2. The van der Waals surface area contributed by atoms with Gasteiger partial charge < -0.3 is 20.9 Å². The lowest BCUT2D eigenvalue weighted by atomic mass is 9.93. The van der Waals surface area contributed by atoms with Crippen LogP contribution in [0.4, 0.5) is 4.79 Å². The molecule has 1 saturated carbocycles. The van der Waals surface area contributed by atoms with E-state index in [0.29, 0.717) is 6.42 Å². The number of hydrogen-bond donors (Lipinski definition) is 2. The van der Waals surface area contributed by atoms with Gasteiger partial charge in [-0.05, 0) is 25.7 Å². The number of urea groups is 1. The number of amides is 3. The Balaban J connectivity index is 1.49. The molecule has 21 heavy (non-hydrogen) atoms. The highest BCUT2D eigenvalue weighted by Crippen LogP contribution is 2.31. The zero-order chi connectivity index (χ0) is 14.9. The number of piperidine rings is 1. The summed E-state index contributed by atoms with van der Waals surface area (Å²) in [5.74, 6) is 0.198. The van der Waals surface area contributed by atoms with E-state index in [9.17, 15) is 9.59 Å². The molecule has 1 aliphatic carbocycles. The van der Waals surface area contributed by atoms with Gasteiger partial charge in [0.25, 0.3) is 0 Å². The van der Waals surface area contributed by atoms with Crippen LogP contribution in [-0.4, -0.2) is 59.5 Å². The highest BCUT2D eigenvalue weighted by Gasteiger charge is 2.36. The SMILES string of the molecule is NC1(CC(=O)N2CCC(N3CCNC3=O)CC2)CCCC1. The van der Waals surface area contributed by atoms with Crippen LogP contribution in [0.25, 0.3) is 0 Å². The third kappa shape index (κ3) is 3.15. The van der Waals surface area contributed by atoms with Crippen molar-refractivity contribution in [2.24, 2.45) is 5.73 Å². The van der Waals surface area contributed by atoms with Crippen molar-refractivity contribution in [3.8, 4) is 0 Å². The second-order valence-corrected chi connectivity index (χ2v) is 6.78. The van der Waals surface area contributed by atoms with Crippen molar-refractivity contribution >= 4 is 11.9 Å². The molecule has 0 aromatic carbocycles. The largest absolute Gasteiger partial charge is 0.342 e. The zero-order valence-corrected chi connectivity index (χ0v) is 12.6.